The molecular weight excluding hydrogens is 242 g/mol. The summed E-state index contributed by atoms with van der Waals surface area (Å²) in [4.78, 5) is 8.56. The Labute approximate surface area is 111 Å². The summed E-state index contributed by atoms with van der Waals surface area (Å²) in [5.41, 5.74) is 3.08. The fourth-order valence-electron chi connectivity index (χ4n) is 2.21. The van der Waals surface area contributed by atoms with E-state index < -0.39 is 0 Å². The third-order valence-electron chi connectivity index (χ3n) is 3.25. The zero-order chi connectivity index (χ0) is 13.1. The van der Waals surface area contributed by atoms with Gasteiger partial charge in [0.1, 0.15) is 12.1 Å². The van der Waals surface area contributed by atoms with Crippen LogP contribution in [0, 0.1) is 6.92 Å². The number of aryl methyl sites for hydroxylation is 1. The first-order valence-electron chi connectivity index (χ1n) is 6.46. The first kappa shape index (κ1) is 12.1. The van der Waals surface area contributed by atoms with Crippen molar-refractivity contribution >= 4 is 5.82 Å². The van der Waals surface area contributed by atoms with Crippen molar-refractivity contribution in [1.29, 1.82) is 0 Å². The molecule has 1 atom stereocenters. The van der Waals surface area contributed by atoms with E-state index in [4.69, 9.17) is 4.74 Å². The Kier molecular flexibility index (Phi) is 3.41. The quantitative estimate of drug-likeness (QED) is 0.872. The molecule has 1 aliphatic heterocycles. The minimum absolute atomic E-state index is 0.399. The van der Waals surface area contributed by atoms with Crippen LogP contribution in [0.5, 0.6) is 0 Å². The molecule has 3 heterocycles. The van der Waals surface area contributed by atoms with Crippen LogP contribution in [-0.2, 0) is 11.3 Å². The molecule has 6 nitrogen and oxygen atoms in total. The molecule has 1 fully saturated rings. The molecule has 3 rings (SSSR count). The summed E-state index contributed by atoms with van der Waals surface area (Å²) in [6, 6.07) is 4.01. The zero-order valence-corrected chi connectivity index (χ0v) is 10.9. The van der Waals surface area contributed by atoms with E-state index in [1.165, 1.54) is 0 Å². The molecule has 0 bridgehead atoms. The Hall–Kier alpha value is -1.95. The fraction of sp³-hybridized carbons (Fsp3) is 0.462. The SMILES string of the molecule is Cc1cc(CNc2cc([C@@H]3CCOC3)ncn2)n[nH]1. The van der Waals surface area contributed by atoms with E-state index >= 15 is 0 Å². The van der Waals surface area contributed by atoms with Crippen LogP contribution in [0.3, 0.4) is 0 Å². The predicted octanol–water partition coefficient (Wildman–Crippen LogP) is 1.62. The minimum atomic E-state index is 0.399. The summed E-state index contributed by atoms with van der Waals surface area (Å²) in [7, 11) is 0. The second-order valence-electron chi connectivity index (χ2n) is 4.78. The highest BCUT2D eigenvalue weighted by Crippen LogP contribution is 2.24. The lowest BCUT2D eigenvalue weighted by Gasteiger charge is -2.09. The fourth-order valence-corrected chi connectivity index (χ4v) is 2.21. The smallest absolute Gasteiger partial charge is 0.129 e. The molecule has 0 unspecified atom stereocenters. The van der Waals surface area contributed by atoms with E-state index in [0.717, 1.165) is 42.5 Å². The molecule has 2 N–H and O–H groups in total. The average Bonchev–Trinajstić information content (AvgIpc) is 3.08. The van der Waals surface area contributed by atoms with Crippen molar-refractivity contribution in [1.82, 2.24) is 20.2 Å². The lowest BCUT2D eigenvalue weighted by atomic mass is 10.1. The highest BCUT2D eigenvalue weighted by atomic mass is 16.5. The topological polar surface area (TPSA) is 75.7 Å². The second-order valence-corrected chi connectivity index (χ2v) is 4.78. The lowest BCUT2D eigenvalue weighted by molar-refractivity contribution is 0.193. The predicted molar refractivity (Wildman–Crippen MR) is 70.9 cm³/mol. The first-order chi connectivity index (χ1) is 9.31. The maximum atomic E-state index is 5.39. The van der Waals surface area contributed by atoms with Crippen molar-refractivity contribution in [3.8, 4) is 0 Å². The number of anilines is 1. The number of nitrogens with one attached hydrogen (secondary N) is 2. The summed E-state index contributed by atoms with van der Waals surface area (Å²) in [5, 5.41) is 10.4. The van der Waals surface area contributed by atoms with E-state index in [0.29, 0.717) is 12.5 Å². The van der Waals surface area contributed by atoms with Crippen LogP contribution in [0.1, 0.15) is 29.4 Å². The summed E-state index contributed by atoms with van der Waals surface area (Å²) in [6.45, 7) is 4.22. The molecule has 100 valence electrons. The Morgan fingerprint density at radius 3 is 3.11 bits per heavy atom. The Morgan fingerprint density at radius 2 is 2.37 bits per heavy atom. The van der Waals surface area contributed by atoms with Crippen LogP contribution >= 0.6 is 0 Å². The number of H-pyrrole nitrogens is 1. The number of ether oxygens (including phenoxy) is 1. The van der Waals surface area contributed by atoms with Crippen LogP contribution in [-0.4, -0.2) is 33.4 Å². The number of aromatic amines is 1. The Morgan fingerprint density at radius 1 is 1.42 bits per heavy atom. The maximum absolute atomic E-state index is 5.39. The summed E-state index contributed by atoms with van der Waals surface area (Å²) >= 11 is 0. The Balaban J connectivity index is 1.65. The standard InChI is InChI=1S/C13H17N5O/c1-9-4-11(18-17-9)6-14-13-5-12(15-8-16-13)10-2-3-19-7-10/h4-5,8,10H,2-3,6-7H2,1H3,(H,17,18)(H,14,15,16)/t10-/m1/s1. The molecule has 2 aromatic heterocycles. The molecule has 1 aliphatic rings. The highest BCUT2D eigenvalue weighted by Gasteiger charge is 2.19. The van der Waals surface area contributed by atoms with Gasteiger partial charge in [-0.3, -0.25) is 5.10 Å². The van der Waals surface area contributed by atoms with Gasteiger partial charge in [0.15, 0.2) is 0 Å². The third kappa shape index (κ3) is 2.90. The largest absolute Gasteiger partial charge is 0.381 e. The maximum Gasteiger partial charge on any atom is 0.129 e. The van der Waals surface area contributed by atoms with Crippen molar-refractivity contribution in [2.24, 2.45) is 0 Å². The molecule has 6 heteroatoms. The molecule has 2 aromatic rings. The molecule has 0 radical (unpaired) electrons. The Bertz CT molecular complexity index is 547. The van der Waals surface area contributed by atoms with Gasteiger partial charge in [0, 0.05) is 24.3 Å². The van der Waals surface area contributed by atoms with Gasteiger partial charge in [0.2, 0.25) is 0 Å². The van der Waals surface area contributed by atoms with Gasteiger partial charge in [0.25, 0.3) is 0 Å². The van der Waals surface area contributed by atoms with Crippen molar-refractivity contribution in [2.75, 3.05) is 18.5 Å². The molecule has 19 heavy (non-hydrogen) atoms. The number of hydrogen-bond acceptors (Lipinski definition) is 5. The molecule has 0 aromatic carbocycles. The number of rotatable bonds is 4. The molecule has 0 aliphatic carbocycles. The molecule has 0 spiro atoms. The summed E-state index contributed by atoms with van der Waals surface area (Å²) in [5.74, 6) is 1.23. The van der Waals surface area contributed by atoms with E-state index in [-0.39, 0.29) is 0 Å². The molecule has 0 amide bonds. The number of hydrogen-bond donors (Lipinski definition) is 2. The molecule has 1 saturated heterocycles. The van der Waals surface area contributed by atoms with Crippen LogP contribution in [0.15, 0.2) is 18.5 Å². The van der Waals surface area contributed by atoms with Crippen molar-refractivity contribution in [3.05, 3.63) is 35.5 Å². The molecular formula is C13H17N5O. The van der Waals surface area contributed by atoms with Gasteiger partial charge in [-0.2, -0.15) is 5.10 Å². The van der Waals surface area contributed by atoms with E-state index in [1.807, 2.05) is 19.1 Å². The van der Waals surface area contributed by atoms with Gasteiger partial charge in [-0.25, -0.2) is 9.97 Å². The van der Waals surface area contributed by atoms with Gasteiger partial charge >= 0.3 is 0 Å². The van der Waals surface area contributed by atoms with Gasteiger partial charge < -0.3 is 10.1 Å². The minimum Gasteiger partial charge on any atom is -0.381 e. The molecule has 0 saturated carbocycles. The van der Waals surface area contributed by atoms with Crippen molar-refractivity contribution < 1.29 is 4.74 Å². The van der Waals surface area contributed by atoms with Crippen LogP contribution in [0.25, 0.3) is 0 Å². The van der Waals surface area contributed by atoms with Gasteiger partial charge in [0.05, 0.1) is 24.5 Å². The second kappa shape index (κ2) is 5.36. The summed E-state index contributed by atoms with van der Waals surface area (Å²) in [6.07, 6.45) is 2.64. The van der Waals surface area contributed by atoms with E-state index in [2.05, 4.69) is 25.5 Å². The zero-order valence-electron chi connectivity index (χ0n) is 10.9. The van der Waals surface area contributed by atoms with Crippen LogP contribution in [0.2, 0.25) is 0 Å². The monoisotopic (exact) mass is 259 g/mol. The lowest BCUT2D eigenvalue weighted by Crippen LogP contribution is -2.06. The van der Waals surface area contributed by atoms with Crippen molar-refractivity contribution in [3.63, 3.8) is 0 Å². The van der Waals surface area contributed by atoms with E-state index in [1.54, 1.807) is 6.33 Å². The normalized spacial score (nSPS) is 18.7. The van der Waals surface area contributed by atoms with Crippen molar-refractivity contribution in [2.45, 2.75) is 25.8 Å². The van der Waals surface area contributed by atoms with Crippen LogP contribution in [0.4, 0.5) is 5.82 Å². The van der Waals surface area contributed by atoms with Gasteiger partial charge in [-0.15, -0.1) is 0 Å². The van der Waals surface area contributed by atoms with Gasteiger partial charge in [-0.1, -0.05) is 0 Å². The third-order valence-corrected chi connectivity index (χ3v) is 3.25. The number of nitrogens with zero attached hydrogens (tertiary/aromatic N) is 3. The number of aromatic nitrogens is 4. The average molecular weight is 259 g/mol. The summed E-state index contributed by atoms with van der Waals surface area (Å²) < 4.78 is 5.39. The van der Waals surface area contributed by atoms with Gasteiger partial charge in [-0.05, 0) is 19.4 Å². The van der Waals surface area contributed by atoms with E-state index in [9.17, 15) is 0 Å². The van der Waals surface area contributed by atoms with Crippen LogP contribution < -0.4 is 5.32 Å². The first-order valence-corrected chi connectivity index (χ1v) is 6.46. The highest BCUT2D eigenvalue weighted by molar-refractivity contribution is 5.36.